The van der Waals surface area contributed by atoms with Crippen molar-refractivity contribution in [2.24, 2.45) is 5.92 Å². The number of rotatable bonds is 1. The van der Waals surface area contributed by atoms with Gasteiger partial charge in [0.15, 0.2) is 11.7 Å². The second-order valence-electron chi connectivity index (χ2n) is 3.44. The molecular formula is C9H10O4. The Morgan fingerprint density at radius 2 is 2.38 bits per heavy atom. The minimum absolute atomic E-state index is 0.197. The molecule has 0 aromatic heterocycles. The van der Waals surface area contributed by atoms with Gasteiger partial charge in [0.1, 0.15) is 11.7 Å². The van der Waals surface area contributed by atoms with E-state index in [-0.39, 0.29) is 5.78 Å². The number of hydrogen-bond donors (Lipinski definition) is 0. The fourth-order valence-electron chi connectivity index (χ4n) is 1.86. The minimum Gasteiger partial charge on any atom is -0.468 e. The molecule has 70 valence electrons. The maximum atomic E-state index is 11.5. The van der Waals surface area contributed by atoms with Crippen LogP contribution in [0.1, 0.15) is 6.92 Å². The van der Waals surface area contributed by atoms with Gasteiger partial charge >= 0.3 is 5.97 Å². The molecule has 0 spiro atoms. The zero-order valence-electron chi connectivity index (χ0n) is 7.44. The van der Waals surface area contributed by atoms with Crippen LogP contribution in [0.5, 0.6) is 0 Å². The van der Waals surface area contributed by atoms with E-state index in [0.717, 1.165) is 0 Å². The topological polar surface area (TPSA) is 52.6 Å². The van der Waals surface area contributed by atoms with Crippen LogP contribution in [-0.2, 0) is 19.1 Å². The summed E-state index contributed by atoms with van der Waals surface area (Å²) in [5.74, 6) is -1.50. The molecule has 0 aromatic carbocycles. The van der Waals surface area contributed by atoms with Crippen LogP contribution in [0.4, 0.5) is 0 Å². The van der Waals surface area contributed by atoms with Crippen LogP contribution in [-0.4, -0.2) is 30.6 Å². The number of ketones is 1. The van der Waals surface area contributed by atoms with Gasteiger partial charge in [-0.05, 0) is 13.0 Å². The molecule has 13 heavy (non-hydrogen) atoms. The highest BCUT2D eigenvalue weighted by molar-refractivity contribution is 6.06. The Balaban J connectivity index is 2.35. The summed E-state index contributed by atoms with van der Waals surface area (Å²) in [5, 5.41) is 0. The maximum Gasteiger partial charge on any atom is 0.319 e. The zero-order valence-corrected chi connectivity index (χ0v) is 7.44. The third kappa shape index (κ3) is 0.951. The lowest BCUT2D eigenvalue weighted by molar-refractivity contribution is -0.151. The molecule has 4 nitrogen and oxygen atoms in total. The van der Waals surface area contributed by atoms with Crippen LogP contribution in [0.25, 0.3) is 0 Å². The lowest BCUT2D eigenvalue weighted by Crippen LogP contribution is -2.39. The normalized spacial score (nSPS) is 41.2. The quantitative estimate of drug-likeness (QED) is 0.327. The predicted octanol–water partition coefficient (Wildman–Crippen LogP) is 0.0720. The Morgan fingerprint density at radius 1 is 1.69 bits per heavy atom. The van der Waals surface area contributed by atoms with E-state index in [1.807, 2.05) is 0 Å². The monoisotopic (exact) mass is 182 g/mol. The number of methoxy groups -OCH3 is 1. The molecule has 0 N–H and O–H groups in total. The molecular weight excluding hydrogens is 172 g/mol. The van der Waals surface area contributed by atoms with Gasteiger partial charge in [-0.1, -0.05) is 6.08 Å². The highest BCUT2D eigenvalue weighted by Gasteiger charge is 2.57. The number of hydrogen-bond acceptors (Lipinski definition) is 4. The summed E-state index contributed by atoms with van der Waals surface area (Å²) in [7, 11) is 1.27. The van der Waals surface area contributed by atoms with Crippen molar-refractivity contribution < 1.29 is 19.1 Å². The van der Waals surface area contributed by atoms with E-state index in [9.17, 15) is 9.59 Å². The first kappa shape index (κ1) is 8.44. The van der Waals surface area contributed by atoms with Crippen molar-refractivity contribution in [3.05, 3.63) is 12.2 Å². The summed E-state index contributed by atoms with van der Waals surface area (Å²) in [6.07, 6.45) is 2.89. The highest BCUT2D eigenvalue weighted by atomic mass is 16.5. The van der Waals surface area contributed by atoms with E-state index in [4.69, 9.17) is 4.74 Å². The first-order chi connectivity index (χ1) is 6.08. The number of esters is 1. The van der Waals surface area contributed by atoms with E-state index < -0.39 is 23.6 Å². The average molecular weight is 182 g/mol. The van der Waals surface area contributed by atoms with E-state index >= 15 is 0 Å². The summed E-state index contributed by atoms with van der Waals surface area (Å²) in [6.45, 7) is 1.72. The smallest absolute Gasteiger partial charge is 0.319 e. The zero-order chi connectivity index (χ0) is 9.64. The van der Waals surface area contributed by atoms with Crippen LogP contribution in [0.3, 0.4) is 0 Å². The van der Waals surface area contributed by atoms with Gasteiger partial charge in [0.2, 0.25) is 0 Å². The third-order valence-electron chi connectivity index (χ3n) is 2.56. The number of ether oxygens (including phenoxy) is 2. The van der Waals surface area contributed by atoms with Gasteiger partial charge < -0.3 is 9.47 Å². The number of fused-ring (bicyclic) bond motifs is 2. The van der Waals surface area contributed by atoms with Crippen molar-refractivity contribution in [1.29, 1.82) is 0 Å². The second kappa shape index (κ2) is 2.42. The molecule has 0 radical (unpaired) electrons. The van der Waals surface area contributed by atoms with Gasteiger partial charge in [-0.15, -0.1) is 0 Å². The molecule has 0 saturated carbocycles. The molecule has 0 aromatic rings. The predicted molar refractivity (Wildman–Crippen MR) is 42.9 cm³/mol. The Kier molecular flexibility index (Phi) is 1.57. The van der Waals surface area contributed by atoms with Gasteiger partial charge in [0.25, 0.3) is 0 Å². The van der Waals surface area contributed by atoms with Gasteiger partial charge in [0, 0.05) is 0 Å². The summed E-state index contributed by atoms with van der Waals surface area (Å²) in [4.78, 5) is 22.8. The SMILES string of the molecule is COC(=O)[C@@H]1C(=O)[C@H]2C=C[C@@]1(C)O2. The summed E-state index contributed by atoms with van der Waals surface area (Å²) >= 11 is 0. The van der Waals surface area contributed by atoms with Crippen molar-refractivity contribution in [2.45, 2.75) is 18.6 Å². The largest absolute Gasteiger partial charge is 0.468 e. The molecule has 2 aliphatic rings. The number of carbonyl (C=O) groups is 2. The Hall–Kier alpha value is -1.16. The molecule has 2 rings (SSSR count). The van der Waals surface area contributed by atoms with Crippen LogP contribution in [0.15, 0.2) is 12.2 Å². The molecule has 0 unspecified atom stereocenters. The maximum absolute atomic E-state index is 11.5. The molecule has 2 heterocycles. The van der Waals surface area contributed by atoms with E-state index in [1.165, 1.54) is 7.11 Å². The molecule has 0 aliphatic carbocycles. The van der Waals surface area contributed by atoms with Crippen LogP contribution in [0.2, 0.25) is 0 Å². The number of Topliss-reactive ketones (excluding diaryl/α,β-unsaturated/α-hetero) is 1. The molecule has 3 atom stereocenters. The van der Waals surface area contributed by atoms with Gasteiger partial charge in [-0.2, -0.15) is 0 Å². The lowest BCUT2D eigenvalue weighted by atomic mass is 9.83. The lowest BCUT2D eigenvalue weighted by Gasteiger charge is -2.21. The Labute approximate surface area is 75.5 Å². The third-order valence-corrected chi connectivity index (χ3v) is 2.56. The highest BCUT2D eigenvalue weighted by Crippen LogP contribution is 2.40. The minimum atomic E-state index is -0.785. The summed E-state index contributed by atoms with van der Waals surface area (Å²) < 4.78 is 9.89. The number of carbonyl (C=O) groups excluding carboxylic acids is 2. The van der Waals surface area contributed by atoms with E-state index in [2.05, 4.69) is 4.74 Å². The standard InChI is InChI=1S/C9H10O4/c1-9-4-3-5(13-9)7(10)6(9)8(11)12-2/h3-6H,1-2H3/t5-,6+,9-/m1/s1. The van der Waals surface area contributed by atoms with Crippen molar-refractivity contribution in [3.63, 3.8) is 0 Å². The van der Waals surface area contributed by atoms with Crippen molar-refractivity contribution >= 4 is 11.8 Å². The van der Waals surface area contributed by atoms with Crippen LogP contribution in [0, 0.1) is 5.92 Å². The average Bonchev–Trinajstić information content (AvgIpc) is 2.57. The molecule has 2 aliphatic heterocycles. The molecule has 2 bridgehead atoms. The Bertz CT molecular complexity index is 307. The van der Waals surface area contributed by atoms with E-state index in [0.29, 0.717) is 0 Å². The van der Waals surface area contributed by atoms with Crippen molar-refractivity contribution in [2.75, 3.05) is 7.11 Å². The van der Waals surface area contributed by atoms with Gasteiger partial charge in [0.05, 0.1) is 7.11 Å². The van der Waals surface area contributed by atoms with Crippen LogP contribution >= 0.6 is 0 Å². The molecule has 4 heteroatoms. The molecule has 0 amide bonds. The first-order valence-electron chi connectivity index (χ1n) is 4.07. The molecule has 1 saturated heterocycles. The van der Waals surface area contributed by atoms with Crippen LogP contribution < -0.4 is 0 Å². The second-order valence-corrected chi connectivity index (χ2v) is 3.44. The van der Waals surface area contributed by atoms with Gasteiger partial charge in [-0.3, -0.25) is 9.59 Å². The Morgan fingerprint density at radius 3 is 2.85 bits per heavy atom. The van der Waals surface area contributed by atoms with Crippen molar-refractivity contribution in [3.8, 4) is 0 Å². The fourth-order valence-corrected chi connectivity index (χ4v) is 1.86. The molecule has 1 fully saturated rings. The van der Waals surface area contributed by atoms with E-state index in [1.54, 1.807) is 19.1 Å². The first-order valence-corrected chi connectivity index (χ1v) is 4.07. The fraction of sp³-hybridized carbons (Fsp3) is 0.556. The summed E-state index contributed by atoms with van der Waals surface area (Å²) in [6, 6.07) is 0. The summed E-state index contributed by atoms with van der Waals surface area (Å²) in [5.41, 5.74) is -0.783. The van der Waals surface area contributed by atoms with Crippen molar-refractivity contribution in [1.82, 2.24) is 0 Å². The van der Waals surface area contributed by atoms with Gasteiger partial charge in [-0.25, -0.2) is 0 Å².